The van der Waals surface area contributed by atoms with Gasteiger partial charge in [0.1, 0.15) is 0 Å². The van der Waals surface area contributed by atoms with Gasteiger partial charge in [-0.3, -0.25) is 4.90 Å². The van der Waals surface area contributed by atoms with E-state index in [1.165, 1.54) is 31.9 Å². The van der Waals surface area contributed by atoms with Crippen molar-refractivity contribution < 1.29 is 0 Å². The first-order valence-electron chi connectivity index (χ1n) is 8.16. The monoisotopic (exact) mass is 293 g/mol. The summed E-state index contributed by atoms with van der Waals surface area (Å²) in [5.41, 5.74) is 1.49. The molecule has 2 rings (SSSR count). The number of aromatic nitrogens is 2. The Balaban J connectivity index is 1.80. The van der Waals surface area contributed by atoms with Crippen LogP contribution in [0.25, 0.3) is 0 Å². The van der Waals surface area contributed by atoms with Crippen LogP contribution in [0.2, 0.25) is 0 Å². The fraction of sp³-hybridized carbons (Fsp3) is 0.812. The summed E-state index contributed by atoms with van der Waals surface area (Å²) in [6.45, 7) is 14.5. The molecule has 5 nitrogen and oxygen atoms in total. The molecule has 1 N–H and O–H groups in total. The van der Waals surface area contributed by atoms with E-state index in [2.05, 4.69) is 52.5 Å². The number of likely N-dealkylation sites (N-methyl/N-ethyl adjacent to an activating group) is 1. The van der Waals surface area contributed by atoms with Crippen LogP contribution in [0.1, 0.15) is 32.9 Å². The number of imidazole rings is 1. The normalized spacial score (nSPS) is 18.3. The largest absolute Gasteiger partial charge is 0.333 e. The zero-order valence-electron chi connectivity index (χ0n) is 14.1. The van der Waals surface area contributed by atoms with E-state index in [4.69, 9.17) is 0 Å². The van der Waals surface area contributed by atoms with Crippen LogP contribution in [-0.4, -0.2) is 64.7 Å². The Morgan fingerprint density at radius 2 is 1.95 bits per heavy atom. The van der Waals surface area contributed by atoms with Crippen molar-refractivity contribution in [2.75, 3.05) is 39.8 Å². The molecule has 1 fully saturated rings. The first-order valence-corrected chi connectivity index (χ1v) is 8.16. The van der Waals surface area contributed by atoms with Gasteiger partial charge in [-0.2, -0.15) is 0 Å². The lowest BCUT2D eigenvalue weighted by atomic mass is 10.0. The van der Waals surface area contributed by atoms with Crippen molar-refractivity contribution in [1.82, 2.24) is 24.7 Å². The van der Waals surface area contributed by atoms with E-state index >= 15 is 0 Å². The zero-order valence-corrected chi connectivity index (χ0v) is 14.1. The molecule has 1 aromatic heterocycles. The third-order valence-corrected chi connectivity index (χ3v) is 4.49. The van der Waals surface area contributed by atoms with Crippen LogP contribution in [0.4, 0.5) is 0 Å². The summed E-state index contributed by atoms with van der Waals surface area (Å²) in [4.78, 5) is 9.27. The van der Waals surface area contributed by atoms with Crippen LogP contribution in [0, 0.1) is 0 Å². The van der Waals surface area contributed by atoms with Gasteiger partial charge in [-0.05, 0) is 27.3 Å². The van der Waals surface area contributed by atoms with Crippen molar-refractivity contribution in [2.45, 2.75) is 45.8 Å². The van der Waals surface area contributed by atoms with Crippen LogP contribution in [0.3, 0.4) is 0 Å². The summed E-state index contributed by atoms with van der Waals surface area (Å²) in [5, 5.41) is 3.62. The first-order chi connectivity index (χ1) is 10.0. The summed E-state index contributed by atoms with van der Waals surface area (Å²) in [5.74, 6) is 0. The predicted octanol–water partition coefficient (Wildman–Crippen LogP) is 1.41. The highest BCUT2D eigenvalue weighted by atomic mass is 15.3. The van der Waals surface area contributed by atoms with Gasteiger partial charge in [-0.25, -0.2) is 4.98 Å². The third kappa shape index (κ3) is 4.53. The van der Waals surface area contributed by atoms with E-state index < -0.39 is 0 Å². The average Bonchev–Trinajstić information content (AvgIpc) is 2.87. The number of nitrogens with zero attached hydrogens (tertiary/aromatic N) is 4. The molecule has 2 heterocycles. The minimum atomic E-state index is 0.205. The Morgan fingerprint density at radius 1 is 1.24 bits per heavy atom. The summed E-state index contributed by atoms with van der Waals surface area (Å²) in [6.07, 6.45) is 5.06. The molecule has 1 saturated heterocycles. The predicted molar refractivity (Wildman–Crippen MR) is 87.4 cm³/mol. The number of aryl methyl sites for hydroxylation is 1. The molecule has 5 heteroatoms. The lowest BCUT2D eigenvalue weighted by molar-refractivity contribution is 0.0617. The second-order valence-electron chi connectivity index (χ2n) is 6.78. The molecule has 0 spiro atoms. The molecule has 21 heavy (non-hydrogen) atoms. The molecule has 1 aliphatic heterocycles. The molecule has 0 saturated carbocycles. The van der Waals surface area contributed by atoms with Crippen LogP contribution < -0.4 is 5.32 Å². The van der Waals surface area contributed by atoms with Gasteiger partial charge in [0.25, 0.3) is 0 Å². The van der Waals surface area contributed by atoms with Gasteiger partial charge in [0, 0.05) is 57.5 Å². The quantitative estimate of drug-likeness (QED) is 0.825. The van der Waals surface area contributed by atoms with Crippen molar-refractivity contribution in [2.24, 2.45) is 0 Å². The van der Waals surface area contributed by atoms with Crippen LogP contribution in [0.5, 0.6) is 0 Å². The van der Waals surface area contributed by atoms with E-state index in [-0.39, 0.29) is 5.54 Å². The van der Waals surface area contributed by atoms with Crippen molar-refractivity contribution in [1.29, 1.82) is 0 Å². The summed E-state index contributed by atoms with van der Waals surface area (Å²) >= 11 is 0. The molecule has 0 unspecified atom stereocenters. The van der Waals surface area contributed by atoms with E-state index in [0.717, 1.165) is 26.1 Å². The minimum absolute atomic E-state index is 0.205. The molecule has 0 radical (unpaired) electrons. The highest BCUT2D eigenvalue weighted by Gasteiger charge is 2.28. The van der Waals surface area contributed by atoms with Crippen LogP contribution >= 0.6 is 0 Å². The van der Waals surface area contributed by atoms with Crippen molar-refractivity contribution in [3.05, 3.63) is 18.2 Å². The SMILES string of the molecule is CCCn1cncc1CNCC(C)(C)N1CCN(C)CC1. The van der Waals surface area contributed by atoms with Gasteiger partial charge in [0.2, 0.25) is 0 Å². The van der Waals surface area contributed by atoms with Crippen LogP contribution in [0.15, 0.2) is 12.5 Å². The Hall–Kier alpha value is -0.910. The fourth-order valence-electron chi connectivity index (χ4n) is 2.96. The molecule has 0 aromatic carbocycles. The van der Waals surface area contributed by atoms with E-state index in [1.807, 2.05) is 12.5 Å². The lowest BCUT2D eigenvalue weighted by Gasteiger charge is -2.43. The maximum absolute atomic E-state index is 4.26. The molecule has 0 bridgehead atoms. The smallest absolute Gasteiger partial charge is 0.0948 e. The summed E-state index contributed by atoms with van der Waals surface area (Å²) in [6, 6.07) is 0. The molecule has 1 aliphatic rings. The van der Waals surface area contributed by atoms with Crippen molar-refractivity contribution in [3.63, 3.8) is 0 Å². The highest BCUT2D eigenvalue weighted by Crippen LogP contribution is 2.16. The summed E-state index contributed by atoms with van der Waals surface area (Å²) in [7, 11) is 2.21. The van der Waals surface area contributed by atoms with Gasteiger partial charge >= 0.3 is 0 Å². The standard InChI is InChI=1S/C16H31N5/c1-5-6-20-14-18-12-15(20)11-17-13-16(2,3)21-9-7-19(4)8-10-21/h12,14,17H,5-11,13H2,1-4H3. The molecule has 0 amide bonds. The Bertz CT molecular complexity index is 418. The molecule has 0 atom stereocenters. The van der Waals surface area contributed by atoms with E-state index in [1.54, 1.807) is 0 Å². The Kier molecular flexibility index (Phi) is 5.79. The van der Waals surface area contributed by atoms with Gasteiger partial charge in [-0.15, -0.1) is 0 Å². The van der Waals surface area contributed by atoms with Gasteiger partial charge in [0.05, 0.1) is 12.0 Å². The lowest BCUT2D eigenvalue weighted by Crippen LogP contribution is -2.57. The number of rotatable bonds is 7. The van der Waals surface area contributed by atoms with Crippen molar-refractivity contribution >= 4 is 0 Å². The van der Waals surface area contributed by atoms with Crippen LogP contribution in [-0.2, 0) is 13.1 Å². The molecule has 120 valence electrons. The average molecular weight is 293 g/mol. The Labute approximate surface area is 129 Å². The fourth-order valence-corrected chi connectivity index (χ4v) is 2.96. The first kappa shape index (κ1) is 16.5. The second-order valence-corrected chi connectivity index (χ2v) is 6.78. The van der Waals surface area contributed by atoms with E-state index in [9.17, 15) is 0 Å². The summed E-state index contributed by atoms with van der Waals surface area (Å²) < 4.78 is 2.25. The Morgan fingerprint density at radius 3 is 2.62 bits per heavy atom. The highest BCUT2D eigenvalue weighted by molar-refractivity contribution is 4.98. The topological polar surface area (TPSA) is 36.3 Å². The number of nitrogens with one attached hydrogen (secondary N) is 1. The van der Waals surface area contributed by atoms with Gasteiger partial charge in [0.15, 0.2) is 0 Å². The zero-order chi connectivity index (χ0) is 15.3. The number of hydrogen-bond donors (Lipinski definition) is 1. The molecule has 0 aliphatic carbocycles. The van der Waals surface area contributed by atoms with E-state index in [0.29, 0.717) is 0 Å². The molecular formula is C16H31N5. The van der Waals surface area contributed by atoms with Gasteiger partial charge in [-0.1, -0.05) is 6.92 Å². The number of hydrogen-bond acceptors (Lipinski definition) is 4. The maximum atomic E-state index is 4.26. The minimum Gasteiger partial charge on any atom is -0.333 e. The van der Waals surface area contributed by atoms with Gasteiger partial charge < -0.3 is 14.8 Å². The number of piperazine rings is 1. The maximum Gasteiger partial charge on any atom is 0.0948 e. The second kappa shape index (κ2) is 7.38. The third-order valence-electron chi connectivity index (χ3n) is 4.49. The molecular weight excluding hydrogens is 262 g/mol. The molecule has 1 aromatic rings. The van der Waals surface area contributed by atoms with Crippen molar-refractivity contribution in [3.8, 4) is 0 Å².